The molecule has 0 aromatic heterocycles. The smallest absolute Gasteiger partial charge is 0.0936 e. The molecule has 1 heterocycles. The average Bonchev–Trinajstić information content (AvgIpc) is 2.66. The molecule has 4 nitrogen and oxygen atoms in total. The Hall–Kier alpha value is -0.160. The van der Waals surface area contributed by atoms with Crippen molar-refractivity contribution in [3.05, 3.63) is 0 Å². The number of nitrogens with one attached hydrogen (secondary N) is 1. The molecular weight excluding hydrogens is 252 g/mol. The summed E-state index contributed by atoms with van der Waals surface area (Å²) in [6.07, 6.45) is 2.83. The molecule has 118 valence electrons. The SMILES string of the molecule is CCNC1C(CN2CC(C)OC(CO)C2)CCC1(C)C. The standard InChI is InChI=1S/C16H32N2O2/c1-5-17-15-13(6-7-16(15,3)4)9-18-8-12(2)20-14(10-18)11-19/h12-15,17,19H,5-11H2,1-4H3. The van der Waals surface area contributed by atoms with Gasteiger partial charge in [0.2, 0.25) is 0 Å². The summed E-state index contributed by atoms with van der Waals surface area (Å²) >= 11 is 0. The number of aliphatic hydroxyl groups is 1. The number of nitrogens with zero attached hydrogens (tertiary/aromatic N) is 1. The van der Waals surface area contributed by atoms with Crippen LogP contribution in [-0.2, 0) is 4.74 Å². The Labute approximate surface area is 123 Å². The highest BCUT2D eigenvalue weighted by molar-refractivity contribution is 4.97. The molecular formula is C16H32N2O2. The third-order valence-electron chi connectivity index (χ3n) is 5.00. The lowest BCUT2D eigenvalue weighted by Crippen LogP contribution is -2.52. The summed E-state index contributed by atoms with van der Waals surface area (Å²) < 4.78 is 5.74. The Kier molecular flexibility index (Phi) is 5.46. The molecule has 0 bridgehead atoms. The Bertz CT molecular complexity index is 309. The van der Waals surface area contributed by atoms with Crippen molar-refractivity contribution >= 4 is 0 Å². The van der Waals surface area contributed by atoms with E-state index in [1.807, 2.05) is 0 Å². The van der Waals surface area contributed by atoms with E-state index in [1.54, 1.807) is 0 Å². The third-order valence-corrected chi connectivity index (χ3v) is 5.00. The first-order valence-corrected chi connectivity index (χ1v) is 8.18. The first-order chi connectivity index (χ1) is 9.46. The lowest BCUT2D eigenvalue weighted by atomic mass is 9.84. The molecule has 2 aliphatic rings. The summed E-state index contributed by atoms with van der Waals surface area (Å²) in [5.74, 6) is 0.717. The van der Waals surface area contributed by atoms with Crippen molar-refractivity contribution in [3.8, 4) is 0 Å². The van der Waals surface area contributed by atoms with Gasteiger partial charge in [-0.2, -0.15) is 0 Å². The molecule has 4 heteroatoms. The molecule has 0 aromatic carbocycles. The van der Waals surface area contributed by atoms with Gasteiger partial charge in [-0.3, -0.25) is 4.90 Å². The zero-order chi connectivity index (χ0) is 14.8. The van der Waals surface area contributed by atoms with Crippen LogP contribution in [0.5, 0.6) is 0 Å². The molecule has 0 radical (unpaired) electrons. The highest BCUT2D eigenvalue weighted by atomic mass is 16.5. The second-order valence-corrected chi connectivity index (χ2v) is 7.29. The number of aliphatic hydroxyl groups excluding tert-OH is 1. The quantitative estimate of drug-likeness (QED) is 0.803. The zero-order valence-electron chi connectivity index (χ0n) is 13.6. The normalized spacial score (nSPS) is 38.2. The summed E-state index contributed by atoms with van der Waals surface area (Å²) in [7, 11) is 0. The van der Waals surface area contributed by atoms with Crippen LogP contribution in [0.1, 0.15) is 40.5 Å². The lowest BCUT2D eigenvalue weighted by molar-refractivity contribution is -0.0984. The molecule has 0 aromatic rings. The van der Waals surface area contributed by atoms with Crippen LogP contribution in [0.15, 0.2) is 0 Å². The third kappa shape index (κ3) is 3.73. The zero-order valence-corrected chi connectivity index (χ0v) is 13.6. The van der Waals surface area contributed by atoms with Crippen molar-refractivity contribution in [2.75, 3.05) is 32.8 Å². The second kappa shape index (κ2) is 6.73. The fraction of sp³-hybridized carbons (Fsp3) is 1.00. The minimum Gasteiger partial charge on any atom is -0.394 e. The second-order valence-electron chi connectivity index (χ2n) is 7.29. The molecule has 4 unspecified atom stereocenters. The molecule has 1 saturated carbocycles. The van der Waals surface area contributed by atoms with Gasteiger partial charge in [0.15, 0.2) is 0 Å². The fourth-order valence-corrected chi connectivity index (χ4v) is 4.10. The van der Waals surface area contributed by atoms with Crippen molar-refractivity contribution in [1.82, 2.24) is 10.2 Å². The van der Waals surface area contributed by atoms with Gasteiger partial charge >= 0.3 is 0 Å². The molecule has 2 rings (SSSR count). The van der Waals surface area contributed by atoms with Crippen LogP contribution < -0.4 is 5.32 Å². The Balaban J connectivity index is 1.94. The van der Waals surface area contributed by atoms with Gasteiger partial charge in [-0.05, 0) is 37.6 Å². The van der Waals surface area contributed by atoms with E-state index in [4.69, 9.17) is 4.74 Å². The highest BCUT2D eigenvalue weighted by Gasteiger charge is 2.42. The molecule has 1 aliphatic heterocycles. The van der Waals surface area contributed by atoms with Gasteiger partial charge in [-0.15, -0.1) is 0 Å². The van der Waals surface area contributed by atoms with E-state index >= 15 is 0 Å². The van der Waals surface area contributed by atoms with E-state index in [0.29, 0.717) is 11.5 Å². The van der Waals surface area contributed by atoms with Gasteiger partial charge in [0.05, 0.1) is 18.8 Å². The van der Waals surface area contributed by atoms with Crippen molar-refractivity contribution in [2.24, 2.45) is 11.3 Å². The Morgan fingerprint density at radius 2 is 2.10 bits per heavy atom. The van der Waals surface area contributed by atoms with Crippen molar-refractivity contribution in [3.63, 3.8) is 0 Å². The van der Waals surface area contributed by atoms with Crippen molar-refractivity contribution < 1.29 is 9.84 Å². The van der Waals surface area contributed by atoms with Crippen LogP contribution in [-0.4, -0.2) is 61.0 Å². The lowest BCUT2D eigenvalue weighted by Gasteiger charge is -2.39. The van der Waals surface area contributed by atoms with Crippen molar-refractivity contribution in [1.29, 1.82) is 0 Å². The van der Waals surface area contributed by atoms with Gasteiger partial charge in [0.25, 0.3) is 0 Å². The summed E-state index contributed by atoms with van der Waals surface area (Å²) in [6.45, 7) is 13.3. The predicted octanol–water partition coefficient (Wildman–Crippen LogP) is 1.48. The summed E-state index contributed by atoms with van der Waals surface area (Å²) in [5, 5.41) is 13.0. The number of morpholine rings is 1. The van der Waals surface area contributed by atoms with E-state index in [2.05, 4.69) is 37.9 Å². The number of rotatable bonds is 5. The molecule has 4 atom stereocenters. The summed E-state index contributed by atoms with van der Waals surface area (Å²) in [6, 6.07) is 0.609. The van der Waals surface area contributed by atoms with Gasteiger partial charge in [-0.25, -0.2) is 0 Å². The van der Waals surface area contributed by atoms with E-state index in [1.165, 1.54) is 12.8 Å². The van der Waals surface area contributed by atoms with Crippen LogP contribution in [0.2, 0.25) is 0 Å². The van der Waals surface area contributed by atoms with Gasteiger partial charge in [0, 0.05) is 25.7 Å². The maximum Gasteiger partial charge on any atom is 0.0936 e. The van der Waals surface area contributed by atoms with E-state index in [0.717, 1.165) is 32.1 Å². The van der Waals surface area contributed by atoms with Crippen LogP contribution in [0, 0.1) is 11.3 Å². The minimum absolute atomic E-state index is 0.00857. The fourth-order valence-electron chi connectivity index (χ4n) is 4.10. The largest absolute Gasteiger partial charge is 0.394 e. The van der Waals surface area contributed by atoms with Crippen LogP contribution in [0.25, 0.3) is 0 Å². The van der Waals surface area contributed by atoms with Gasteiger partial charge in [-0.1, -0.05) is 20.8 Å². The topological polar surface area (TPSA) is 44.7 Å². The average molecular weight is 284 g/mol. The monoisotopic (exact) mass is 284 g/mol. The Morgan fingerprint density at radius 3 is 2.75 bits per heavy atom. The molecule has 2 fully saturated rings. The summed E-state index contributed by atoms with van der Waals surface area (Å²) in [4.78, 5) is 2.49. The maximum absolute atomic E-state index is 9.34. The molecule has 1 saturated heterocycles. The van der Waals surface area contributed by atoms with Gasteiger partial charge < -0.3 is 15.2 Å². The van der Waals surface area contributed by atoms with Crippen LogP contribution >= 0.6 is 0 Å². The van der Waals surface area contributed by atoms with Crippen molar-refractivity contribution in [2.45, 2.75) is 58.8 Å². The van der Waals surface area contributed by atoms with Crippen LogP contribution in [0.3, 0.4) is 0 Å². The molecule has 1 aliphatic carbocycles. The highest BCUT2D eigenvalue weighted by Crippen LogP contribution is 2.41. The molecule has 0 amide bonds. The number of ether oxygens (including phenoxy) is 1. The van der Waals surface area contributed by atoms with Gasteiger partial charge in [0.1, 0.15) is 0 Å². The number of hydrogen-bond acceptors (Lipinski definition) is 4. The predicted molar refractivity (Wildman–Crippen MR) is 81.8 cm³/mol. The first kappa shape index (κ1) is 16.2. The van der Waals surface area contributed by atoms with E-state index in [9.17, 15) is 5.11 Å². The molecule has 0 spiro atoms. The first-order valence-electron chi connectivity index (χ1n) is 8.18. The molecule has 20 heavy (non-hydrogen) atoms. The molecule has 2 N–H and O–H groups in total. The van der Waals surface area contributed by atoms with Crippen LogP contribution in [0.4, 0.5) is 0 Å². The summed E-state index contributed by atoms with van der Waals surface area (Å²) in [5.41, 5.74) is 0.398. The van der Waals surface area contributed by atoms with E-state index in [-0.39, 0.29) is 18.8 Å². The minimum atomic E-state index is -0.00857. The Morgan fingerprint density at radius 1 is 1.35 bits per heavy atom. The van der Waals surface area contributed by atoms with E-state index < -0.39 is 0 Å². The maximum atomic E-state index is 9.34. The number of hydrogen-bond donors (Lipinski definition) is 2.